The van der Waals surface area contributed by atoms with Crippen LogP contribution in [0.4, 0.5) is 0 Å². The lowest BCUT2D eigenvalue weighted by Crippen LogP contribution is -1.83. The van der Waals surface area contributed by atoms with Crippen LogP contribution < -0.4 is 0 Å². The third-order valence-corrected chi connectivity index (χ3v) is 7.07. The Morgan fingerprint density at radius 1 is 0.500 bits per heavy atom. The average molecular weight is 406 g/mol. The summed E-state index contributed by atoms with van der Waals surface area (Å²) in [6, 6.07) is 37.5. The van der Waals surface area contributed by atoms with Crippen LogP contribution >= 0.6 is 0 Å². The minimum Gasteiger partial charge on any atom is -0.354 e. The van der Waals surface area contributed by atoms with Gasteiger partial charge in [-0.1, -0.05) is 78.9 Å². The van der Waals surface area contributed by atoms with E-state index in [9.17, 15) is 0 Å². The highest BCUT2D eigenvalue weighted by molar-refractivity contribution is 6.23. The van der Waals surface area contributed by atoms with Gasteiger partial charge in [-0.25, -0.2) is 0 Å². The monoisotopic (exact) mass is 406 g/mol. The first-order valence-corrected chi connectivity index (χ1v) is 11.1. The Balaban J connectivity index is 1.49. The lowest BCUT2D eigenvalue weighted by molar-refractivity contribution is 1.37. The van der Waals surface area contributed by atoms with Crippen LogP contribution in [0, 0.1) is 0 Å². The topological polar surface area (TPSA) is 20.2 Å². The minimum atomic E-state index is 1.18. The van der Waals surface area contributed by atoms with Crippen molar-refractivity contribution in [1.29, 1.82) is 0 Å². The van der Waals surface area contributed by atoms with Crippen molar-refractivity contribution in [3.05, 3.63) is 103 Å². The zero-order valence-corrected chi connectivity index (χ0v) is 17.3. The molecule has 0 spiro atoms. The fraction of sp³-hybridized carbons (Fsp3) is 0. The van der Waals surface area contributed by atoms with Crippen molar-refractivity contribution in [2.24, 2.45) is 0 Å². The Morgan fingerprint density at radius 3 is 2.12 bits per heavy atom. The SMILES string of the molecule is c1ccc2c(c1)[nH]c1c(-c3ccc4c(c3)c3cccc5c6ccccc6n4c53)cccc12. The molecule has 3 aromatic heterocycles. The van der Waals surface area contributed by atoms with Crippen molar-refractivity contribution in [1.82, 2.24) is 9.38 Å². The maximum absolute atomic E-state index is 3.66. The summed E-state index contributed by atoms with van der Waals surface area (Å²) < 4.78 is 2.43. The van der Waals surface area contributed by atoms with Crippen molar-refractivity contribution < 1.29 is 0 Å². The van der Waals surface area contributed by atoms with Crippen LogP contribution in [0.15, 0.2) is 103 Å². The first-order valence-electron chi connectivity index (χ1n) is 11.1. The summed E-state index contributed by atoms with van der Waals surface area (Å²) in [4.78, 5) is 3.66. The van der Waals surface area contributed by atoms with Crippen LogP contribution in [-0.2, 0) is 0 Å². The Kier molecular flexibility index (Phi) is 2.91. The predicted octanol–water partition coefficient (Wildman–Crippen LogP) is 8.14. The number of H-pyrrole nitrogens is 1. The highest BCUT2D eigenvalue weighted by Gasteiger charge is 2.17. The fourth-order valence-corrected chi connectivity index (χ4v) is 5.71. The molecule has 0 aliphatic heterocycles. The van der Waals surface area contributed by atoms with E-state index in [2.05, 4.69) is 113 Å². The number of para-hydroxylation sites is 4. The van der Waals surface area contributed by atoms with Gasteiger partial charge in [0.25, 0.3) is 0 Å². The van der Waals surface area contributed by atoms with E-state index in [1.54, 1.807) is 0 Å². The van der Waals surface area contributed by atoms with Crippen molar-refractivity contribution in [3.8, 4) is 11.1 Å². The summed E-state index contributed by atoms with van der Waals surface area (Å²) in [5, 5.41) is 7.83. The van der Waals surface area contributed by atoms with Crippen LogP contribution in [0.5, 0.6) is 0 Å². The Hall–Kier alpha value is -4.30. The van der Waals surface area contributed by atoms with E-state index in [0.29, 0.717) is 0 Å². The molecule has 8 rings (SSSR count). The molecule has 1 N–H and O–H groups in total. The molecule has 0 radical (unpaired) electrons. The highest BCUT2D eigenvalue weighted by atomic mass is 14.9. The summed E-state index contributed by atoms with van der Waals surface area (Å²) in [6.07, 6.45) is 0. The molecule has 0 bridgehead atoms. The van der Waals surface area contributed by atoms with Crippen LogP contribution in [0.25, 0.3) is 71.0 Å². The van der Waals surface area contributed by atoms with E-state index in [-0.39, 0.29) is 0 Å². The molecule has 32 heavy (non-hydrogen) atoms. The third kappa shape index (κ3) is 1.91. The highest BCUT2D eigenvalue weighted by Crippen LogP contribution is 2.41. The zero-order chi connectivity index (χ0) is 20.8. The first-order chi connectivity index (χ1) is 15.9. The molecule has 0 saturated carbocycles. The van der Waals surface area contributed by atoms with E-state index in [0.717, 1.165) is 0 Å². The summed E-state index contributed by atoms with van der Waals surface area (Å²) in [7, 11) is 0. The maximum atomic E-state index is 3.66. The normalized spacial score (nSPS) is 12.4. The molecule has 0 aliphatic rings. The van der Waals surface area contributed by atoms with Crippen molar-refractivity contribution in [2.75, 3.05) is 0 Å². The van der Waals surface area contributed by atoms with Gasteiger partial charge in [0.05, 0.1) is 22.1 Å². The first kappa shape index (κ1) is 16.4. The lowest BCUT2D eigenvalue weighted by Gasteiger charge is -2.05. The molecule has 0 amide bonds. The van der Waals surface area contributed by atoms with E-state index in [1.807, 2.05) is 0 Å². The molecule has 5 aromatic carbocycles. The number of nitrogens with zero attached hydrogens (tertiary/aromatic N) is 1. The quantitative estimate of drug-likeness (QED) is 0.284. The maximum Gasteiger partial charge on any atom is 0.0620 e. The molecule has 0 saturated heterocycles. The molecule has 148 valence electrons. The molecule has 2 heteroatoms. The Bertz CT molecular complexity index is 1980. The molecule has 8 aromatic rings. The third-order valence-electron chi connectivity index (χ3n) is 7.07. The number of aromatic nitrogens is 2. The van der Waals surface area contributed by atoms with E-state index < -0.39 is 0 Å². The lowest BCUT2D eigenvalue weighted by atomic mass is 9.99. The van der Waals surface area contributed by atoms with Gasteiger partial charge in [0, 0.05) is 43.4 Å². The number of fused-ring (bicyclic) bond motifs is 9. The van der Waals surface area contributed by atoms with Gasteiger partial charge in [-0.05, 0) is 29.8 Å². The zero-order valence-electron chi connectivity index (χ0n) is 17.3. The molecule has 0 aliphatic carbocycles. The second-order valence-corrected chi connectivity index (χ2v) is 8.68. The van der Waals surface area contributed by atoms with Crippen molar-refractivity contribution in [2.45, 2.75) is 0 Å². The van der Waals surface area contributed by atoms with E-state index in [1.165, 1.54) is 71.0 Å². The minimum absolute atomic E-state index is 1.18. The van der Waals surface area contributed by atoms with Gasteiger partial charge in [-0.3, -0.25) is 0 Å². The molecule has 0 atom stereocenters. The molecule has 0 fully saturated rings. The second-order valence-electron chi connectivity index (χ2n) is 8.68. The predicted molar refractivity (Wildman–Crippen MR) is 136 cm³/mol. The Labute approximate surface area is 183 Å². The van der Waals surface area contributed by atoms with Crippen LogP contribution in [0.1, 0.15) is 0 Å². The van der Waals surface area contributed by atoms with Crippen molar-refractivity contribution in [3.63, 3.8) is 0 Å². The standard InChI is InChI=1S/C30H18N2/c1-3-13-26-20(7-1)22-10-5-9-19(29(22)31-26)18-15-16-28-25(17-18)24-12-6-11-23-21-8-2-4-14-27(21)32(28)30(23)24/h1-17,31H. The van der Waals surface area contributed by atoms with Gasteiger partial charge >= 0.3 is 0 Å². The summed E-state index contributed by atoms with van der Waals surface area (Å²) in [5.41, 5.74) is 8.75. The van der Waals surface area contributed by atoms with Gasteiger partial charge in [0.1, 0.15) is 0 Å². The smallest absolute Gasteiger partial charge is 0.0620 e. The van der Waals surface area contributed by atoms with E-state index in [4.69, 9.17) is 0 Å². The van der Waals surface area contributed by atoms with Gasteiger partial charge < -0.3 is 9.38 Å². The van der Waals surface area contributed by atoms with Crippen LogP contribution in [0.2, 0.25) is 0 Å². The number of hydrogen-bond donors (Lipinski definition) is 1. The average Bonchev–Trinajstić information content (AvgIpc) is 3.50. The molecule has 0 unspecified atom stereocenters. The molecule has 3 heterocycles. The summed E-state index contributed by atoms with van der Waals surface area (Å²) in [5.74, 6) is 0. The number of rotatable bonds is 1. The van der Waals surface area contributed by atoms with Crippen LogP contribution in [-0.4, -0.2) is 9.38 Å². The van der Waals surface area contributed by atoms with Gasteiger partial charge in [0.15, 0.2) is 0 Å². The fourth-order valence-electron chi connectivity index (χ4n) is 5.71. The molecule has 2 nitrogen and oxygen atoms in total. The number of benzene rings is 5. The number of hydrogen-bond acceptors (Lipinski definition) is 0. The molecular weight excluding hydrogens is 388 g/mol. The van der Waals surface area contributed by atoms with Crippen molar-refractivity contribution >= 4 is 59.9 Å². The number of nitrogens with one attached hydrogen (secondary N) is 1. The molecular formula is C30H18N2. The second kappa shape index (κ2) is 5.68. The van der Waals surface area contributed by atoms with Gasteiger partial charge in [-0.2, -0.15) is 0 Å². The summed E-state index contributed by atoms with van der Waals surface area (Å²) >= 11 is 0. The largest absolute Gasteiger partial charge is 0.354 e. The van der Waals surface area contributed by atoms with Gasteiger partial charge in [0.2, 0.25) is 0 Å². The number of aromatic amines is 1. The Morgan fingerprint density at radius 2 is 1.19 bits per heavy atom. The van der Waals surface area contributed by atoms with Crippen LogP contribution in [0.3, 0.4) is 0 Å². The van der Waals surface area contributed by atoms with Gasteiger partial charge in [-0.15, -0.1) is 0 Å². The van der Waals surface area contributed by atoms with E-state index >= 15 is 0 Å². The summed E-state index contributed by atoms with van der Waals surface area (Å²) in [6.45, 7) is 0.